The van der Waals surface area contributed by atoms with Gasteiger partial charge in [-0.15, -0.1) is 0 Å². The van der Waals surface area contributed by atoms with Crippen molar-refractivity contribution in [2.75, 3.05) is 13.2 Å². The van der Waals surface area contributed by atoms with E-state index in [4.69, 9.17) is 4.74 Å². The van der Waals surface area contributed by atoms with E-state index in [0.29, 0.717) is 17.9 Å². The highest BCUT2D eigenvalue weighted by atomic mass is 19.4. The molecule has 0 aliphatic rings. The van der Waals surface area contributed by atoms with Gasteiger partial charge in [-0.1, -0.05) is 18.2 Å². The molecule has 28 heavy (non-hydrogen) atoms. The molecule has 0 heterocycles. The van der Waals surface area contributed by atoms with Crippen molar-refractivity contribution < 1.29 is 27.5 Å². The summed E-state index contributed by atoms with van der Waals surface area (Å²) in [6.45, 7) is 1.95. The van der Waals surface area contributed by atoms with E-state index >= 15 is 0 Å². The lowest BCUT2D eigenvalue weighted by Crippen LogP contribution is -2.34. The predicted octanol–water partition coefficient (Wildman–Crippen LogP) is 2.98. The molecule has 0 radical (unpaired) electrons. The average Bonchev–Trinajstić information content (AvgIpc) is 2.66. The molecule has 0 saturated carbocycles. The van der Waals surface area contributed by atoms with Crippen LogP contribution in [0.3, 0.4) is 0 Å². The molecule has 0 aliphatic carbocycles. The minimum absolute atomic E-state index is 0.186. The van der Waals surface area contributed by atoms with E-state index in [2.05, 4.69) is 15.8 Å². The first-order valence-corrected chi connectivity index (χ1v) is 8.30. The van der Waals surface area contributed by atoms with Crippen LogP contribution in [0.2, 0.25) is 0 Å². The Balaban J connectivity index is 1.86. The smallest absolute Gasteiger partial charge is 0.417 e. The van der Waals surface area contributed by atoms with E-state index in [-0.39, 0.29) is 12.1 Å². The SMILES string of the molecule is CCOc1ccc(C(=O)NCC(=O)N/N=C\c2ccccc2C(F)(F)F)cc1. The molecule has 0 unspecified atom stereocenters. The molecule has 2 amide bonds. The summed E-state index contributed by atoms with van der Waals surface area (Å²) < 4.78 is 43.9. The highest BCUT2D eigenvalue weighted by molar-refractivity contribution is 5.96. The molecular weight excluding hydrogens is 375 g/mol. The first-order valence-electron chi connectivity index (χ1n) is 8.30. The van der Waals surface area contributed by atoms with E-state index in [0.717, 1.165) is 12.3 Å². The van der Waals surface area contributed by atoms with E-state index in [9.17, 15) is 22.8 Å². The van der Waals surface area contributed by atoms with Crippen molar-refractivity contribution in [3.8, 4) is 5.75 Å². The van der Waals surface area contributed by atoms with Gasteiger partial charge in [-0.2, -0.15) is 18.3 Å². The number of ether oxygens (including phenoxy) is 1. The molecule has 0 bridgehead atoms. The van der Waals surface area contributed by atoms with Gasteiger partial charge < -0.3 is 10.1 Å². The largest absolute Gasteiger partial charge is 0.494 e. The summed E-state index contributed by atoms with van der Waals surface area (Å²) in [5, 5.41) is 5.89. The number of hydrogen-bond donors (Lipinski definition) is 2. The van der Waals surface area contributed by atoms with E-state index in [1.807, 2.05) is 6.92 Å². The zero-order chi connectivity index (χ0) is 20.6. The van der Waals surface area contributed by atoms with Gasteiger partial charge in [0, 0.05) is 11.1 Å². The Kier molecular flexibility index (Phi) is 7.14. The summed E-state index contributed by atoms with van der Waals surface area (Å²) in [5.41, 5.74) is 1.35. The van der Waals surface area contributed by atoms with Gasteiger partial charge in [0.2, 0.25) is 0 Å². The molecule has 2 rings (SSSR count). The highest BCUT2D eigenvalue weighted by Gasteiger charge is 2.32. The normalized spacial score (nSPS) is 11.3. The number of alkyl halides is 3. The van der Waals surface area contributed by atoms with Crippen molar-refractivity contribution in [1.29, 1.82) is 0 Å². The van der Waals surface area contributed by atoms with Gasteiger partial charge >= 0.3 is 6.18 Å². The lowest BCUT2D eigenvalue weighted by Gasteiger charge is -2.09. The first-order chi connectivity index (χ1) is 13.3. The van der Waals surface area contributed by atoms with Crippen LogP contribution >= 0.6 is 0 Å². The Morgan fingerprint density at radius 1 is 1.11 bits per heavy atom. The number of nitrogens with one attached hydrogen (secondary N) is 2. The summed E-state index contributed by atoms with van der Waals surface area (Å²) in [7, 11) is 0. The van der Waals surface area contributed by atoms with Crippen LogP contribution in [0.15, 0.2) is 53.6 Å². The van der Waals surface area contributed by atoms with Crippen molar-refractivity contribution in [2.45, 2.75) is 13.1 Å². The van der Waals surface area contributed by atoms with E-state index in [1.54, 1.807) is 24.3 Å². The number of rotatable bonds is 7. The topological polar surface area (TPSA) is 79.8 Å². The second kappa shape index (κ2) is 9.54. The quantitative estimate of drug-likeness (QED) is 0.561. The van der Waals surface area contributed by atoms with Crippen molar-refractivity contribution in [2.24, 2.45) is 5.10 Å². The van der Waals surface area contributed by atoms with Crippen LogP contribution in [-0.2, 0) is 11.0 Å². The molecule has 0 atom stereocenters. The minimum Gasteiger partial charge on any atom is -0.494 e. The van der Waals surface area contributed by atoms with Crippen LogP contribution < -0.4 is 15.5 Å². The standard InChI is InChI=1S/C19H18F3N3O3/c1-2-28-15-9-7-13(8-10-15)18(27)23-12-17(26)25-24-11-14-5-3-4-6-16(14)19(20,21)22/h3-11H,2,12H2,1H3,(H,23,27)(H,25,26)/b24-11-. The van der Waals surface area contributed by atoms with Gasteiger partial charge in [-0.25, -0.2) is 5.43 Å². The minimum atomic E-state index is -4.53. The fourth-order valence-electron chi connectivity index (χ4n) is 2.21. The number of hydrazone groups is 1. The lowest BCUT2D eigenvalue weighted by atomic mass is 10.1. The molecule has 9 heteroatoms. The van der Waals surface area contributed by atoms with Crippen molar-refractivity contribution in [3.63, 3.8) is 0 Å². The fourth-order valence-corrected chi connectivity index (χ4v) is 2.21. The molecule has 2 N–H and O–H groups in total. The summed E-state index contributed by atoms with van der Waals surface area (Å²) in [6, 6.07) is 11.2. The molecule has 0 aliphatic heterocycles. The van der Waals surface area contributed by atoms with Gasteiger partial charge in [0.25, 0.3) is 11.8 Å². The van der Waals surface area contributed by atoms with Crippen molar-refractivity contribution in [3.05, 3.63) is 65.2 Å². The van der Waals surface area contributed by atoms with Crippen molar-refractivity contribution in [1.82, 2.24) is 10.7 Å². The summed E-state index contributed by atoms with van der Waals surface area (Å²) >= 11 is 0. The number of amides is 2. The average molecular weight is 393 g/mol. The van der Waals surface area contributed by atoms with Crippen LogP contribution in [0.5, 0.6) is 5.75 Å². The van der Waals surface area contributed by atoms with Crippen molar-refractivity contribution >= 4 is 18.0 Å². The molecule has 148 valence electrons. The van der Waals surface area contributed by atoms with Gasteiger partial charge in [-0.3, -0.25) is 9.59 Å². The number of halogens is 3. The van der Waals surface area contributed by atoms with Crippen LogP contribution in [0.4, 0.5) is 13.2 Å². The van der Waals surface area contributed by atoms with Crippen LogP contribution in [0, 0.1) is 0 Å². The fraction of sp³-hybridized carbons (Fsp3) is 0.211. The summed E-state index contributed by atoms with van der Waals surface area (Å²) in [5.74, 6) is -0.546. The number of carbonyl (C=O) groups excluding carboxylic acids is 2. The van der Waals surface area contributed by atoms with Gasteiger partial charge in [-0.05, 0) is 37.3 Å². The molecular formula is C19H18F3N3O3. The maximum Gasteiger partial charge on any atom is 0.417 e. The second-order valence-corrected chi connectivity index (χ2v) is 5.52. The molecule has 2 aromatic carbocycles. The van der Waals surface area contributed by atoms with Crippen LogP contribution in [0.1, 0.15) is 28.4 Å². The van der Waals surface area contributed by atoms with Gasteiger partial charge in [0.1, 0.15) is 5.75 Å². The first kappa shape index (κ1) is 20.9. The van der Waals surface area contributed by atoms with E-state index < -0.39 is 23.6 Å². The van der Waals surface area contributed by atoms with Gasteiger partial charge in [0.05, 0.1) is 24.9 Å². The zero-order valence-electron chi connectivity index (χ0n) is 14.9. The zero-order valence-corrected chi connectivity index (χ0v) is 14.9. The molecule has 0 fully saturated rings. The number of carbonyl (C=O) groups is 2. The number of benzene rings is 2. The Hall–Kier alpha value is -3.36. The summed E-state index contributed by atoms with van der Waals surface area (Å²) in [6.07, 6.45) is -3.63. The summed E-state index contributed by atoms with van der Waals surface area (Å²) in [4.78, 5) is 23.7. The second-order valence-electron chi connectivity index (χ2n) is 5.52. The maximum atomic E-state index is 12.9. The number of nitrogens with zero attached hydrogens (tertiary/aromatic N) is 1. The molecule has 0 spiro atoms. The maximum absolute atomic E-state index is 12.9. The third-order valence-corrected chi connectivity index (χ3v) is 3.50. The molecule has 0 saturated heterocycles. The van der Waals surface area contributed by atoms with Gasteiger partial charge in [0.15, 0.2) is 0 Å². The Morgan fingerprint density at radius 2 is 1.79 bits per heavy atom. The Morgan fingerprint density at radius 3 is 2.43 bits per heavy atom. The Bertz CT molecular complexity index is 849. The predicted molar refractivity (Wildman–Crippen MR) is 97.1 cm³/mol. The van der Waals surface area contributed by atoms with Crippen LogP contribution in [-0.4, -0.2) is 31.2 Å². The molecule has 6 nitrogen and oxygen atoms in total. The molecule has 0 aromatic heterocycles. The lowest BCUT2D eigenvalue weighted by molar-refractivity contribution is -0.137. The number of hydrogen-bond acceptors (Lipinski definition) is 4. The third kappa shape index (κ3) is 6.11. The molecule has 2 aromatic rings. The Labute approximate surface area is 159 Å². The third-order valence-electron chi connectivity index (χ3n) is 3.50. The van der Waals surface area contributed by atoms with E-state index in [1.165, 1.54) is 18.2 Å². The monoisotopic (exact) mass is 393 g/mol. The highest BCUT2D eigenvalue weighted by Crippen LogP contribution is 2.30. The van der Waals surface area contributed by atoms with Crippen LogP contribution in [0.25, 0.3) is 0 Å².